The third-order valence-corrected chi connectivity index (χ3v) is 6.22. The zero-order valence-corrected chi connectivity index (χ0v) is 19.8. The van der Waals surface area contributed by atoms with Gasteiger partial charge in [0, 0.05) is 6.04 Å². The van der Waals surface area contributed by atoms with Crippen molar-refractivity contribution in [3.8, 4) is 11.5 Å². The Bertz CT molecular complexity index is 1110. The van der Waals surface area contributed by atoms with Crippen molar-refractivity contribution in [3.05, 3.63) is 59.3 Å². The van der Waals surface area contributed by atoms with Crippen LogP contribution in [0.25, 0.3) is 6.08 Å². The average molecular weight is 466 g/mol. The first kappa shape index (κ1) is 22.9. The smallest absolute Gasteiger partial charge is 0.283 e. The Balaban J connectivity index is 1.57. The maximum Gasteiger partial charge on any atom is 0.283 e. The lowest BCUT2D eigenvalue weighted by Gasteiger charge is -2.18. The van der Waals surface area contributed by atoms with Crippen LogP contribution >= 0.6 is 11.8 Å². The molecule has 0 spiro atoms. The first-order chi connectivity index (χ1) is 15.9. The predicted octanol–water partition coefficient (Wildman–Crippen LogP) is 4.51. The molecule has 7 nitrogen and oxygen atoms in total. The van der Waals surface area contributed by atoms with Crippen molar-refractivity contribution >= 4 is 40.5 Å². The van der Waals surface area contributed by atoms with E-state index in [1.54, 1.807) is 11.0 Å². The summed E-state index contributed by atoms with van der Waals surface area (Å²) in [4.78, 5) is 31.9. The van der Waals surface area contributed by atoms with Gasteiger partial charge in [-0.15, -0.1) is 0 Å². The molecule has 0 bridgehead atoms. The number of hydrogen-bond acceptors (Lipinski definition) is 6. The number of aliphatic imine (C=N–C) groups is 1. The third kappa shape index (κ3) is 5.39. The zero-order chi connectivity index (χ0) is 23.4. The maximum atomic E-state index is 13.3. The van der Waals surface area contributed by atoms with Crippen LogP contribution in [0.1, 0.15) is 37.8 Å². The molecule has 2 amide bonds. The van der Waals surface area contributed by atoms with Gasteiger partial charge >= 0.3 is 0 Å². The first-order valence-electron chi connectivity index (χ1n) is 11.0. The molecule has 8 heteroatoms. The molecule has 33 heavy (non-hydrogen) atoms. The first-order valence-corrected chi connectivity index (χ1v) is 12.0. The molecule has 0 aromatic heterocycles. The predicted molar refractivity (Wildman–Crippen MR) is 132 cm³/mol. The van der Waals surface area contributed by atoms with Gasteiger partial charge in [0.2, 0.25) is 12.7 Å². The number of amidine groups is 1. The number of hydrogen-bond donors (Lipinski definition) is 1. The van der Waals surface area contributed by atoms with Gasteiger partial charge in [0.1, 0.15) is 5.70 Å². The highest BCUT2D eigenvalue weighted by Gasteiger charge is 2.32. The number of carbonyl (C=O) groups is 2. The van der Waals surface area contributed by atoms with E-state index < -0.39 is 0 Å². The van der Waals surface area contributed by atoms with Gasteiger partial charge in [0.15, 0.2) is 16.7 Å². The molecule has 0 unspecified atom stereocenters. The van der Waals surface area contributed by atoms with E-state index in [-0.39, 0.29) is 30.4 Å². The van der Waals surface area contributed by atoms with Crippen LogP contribution in [0.2, 0.25) is 0 Å². The van der Waals surface area contributed by atoms with Gasteiger partial charge in [-0.05, 0) is 56.2 Å². The van der Waals surface area contributed by atoms with Crippen molar-refractivity contribution in [2.75, 3.05) is 17.4 Å². The van der Waals surface area contributed by atoms with E-state index in [1.807, 2.05) is 56.3 Å². The molecule has 172 valence electrons. The Morgan fingerprint density at radius 3 is 2.73 bits per heavy atom. The summed E-state index contributed by atoms with van der Waals surface area (Å²) in [6.45, 7) is 6.26. The number of ether oxygens (including phenoxy) is 2. The summed E-state index contributed by atoms with van der Waals surface area (Å²) in [6, 6.07) is 13.3. The van der Waals surface area contributed by atoms with Gasteiger partial charge < -0.3 is 14.8 Å². The summed E-state index contributed by atoms with van der Waals surface area (Å²) < 4.78 is 10.8. The molecule has 0 aliphatic carbocycles. The Morgan fingerprint density at radius 2 is 1.97 bits per heavy atom. The van der Waals surface area contributed by atoms with Gasteiger partial charge in [0.25, 0.3) is 5.91 Å². The molecule has 2 aromatic carbocycles. The zero-order valence-electron chi connectivity index (χ0n) is 19.0. The normalized spacial score (nSPS) is 16.8. The lowest BCUT2D eigenvalue weighted by atomic mass is 10.1. The van der Waals surface area contributed by atoms with E-state index in [9.17, 15) is 9.59 Å². The van der Waals surface area contributed by atoms with Crippen LogP contribution in [-0.4, -0.2) is 35.6 Å². The van der Waals surface area contributed by atoms with Crippen LogP contribution in [0.3, 0.4) is 0 Å². The van der Waals surface area contributed by atoms with Gasteiger partial charge in [-0.25, -0.2) is 4.99 Å². The molecule has 0 saturated heterocycles. The van der Waals surface area contributed by atoms with Crippen LogP contribution in [0.4, 0.5) is 5.69 Å². The van der Waals surface area contributed by atoms with Crippen molar-refractivity contribution < 1.29 is 19.1 Å². The van der Waals surface area contributed by atoms with Gasteiger partial charge in [-0.2, -0.15) is 0 Å². The summed E-state index contributed by atoms with van der Waals surface area (Å²) in [5, 5.41) is 3.48. The monoisotopic (exact) mass is 465 g/mol. The SMILES string of the molecule is CCC[C@@H](C)NC(=O)CSC1=N/C(=C\c2ccc3c(c2)OCO3)C(=O)N1c1ccc(C)cc1. The molecular formula is C25H27N3O4S. The molecule has 4 rings (SSSR count). The summed E-state index contributed by atoms with van der Waals surface area (Å²) in [7, 11) is 0. The molecular weight excluding hydrogens is 438 g/mol. The lowest BCUT2D eigenvalue weighted by molar-refractivity contribution is -0.119. The largest absolute Gasteiger partial charge is 0.454 e. The number of rotatable bonds is 7. The van der Waals surface area contributed by atoms with Crippen LogP contribution in [0.5, 0.6) is 11.5 Å². The highest BCUT2D eigenvalue weighted by Crippen LogP contribution is 2.34. The fourth-order valence-electron chi connectivity index (χ4n) is 3.63. The second-order valence-corrected chi connectivity index (χ2v) is 9.00. The van der Waals surface area contributed by atoms with E-state index in [4.69, 9.17) is 9.47 Å². The van der Waals surface area contributed by atoms with E-state index in [0.29, 0.717) is 28.1 Å². The second kappa shape index (κ2) is 10.1. The number of nitrogens with one attached hydrogen (secondary N) is 1. The topological polar surface area (TPSA) is 80.2 Å². The van der Waals surface area contributed by atoms with Crippen LogP contribution < -0.4 is 19.7 Å². The van der Waals surface area contributed by atoms with Crippen molar-refractivity contribution in [2.45, 2.75) is 39.7 Å². The lowest BCUT2D eigenvalue weighted by Crippen LogP contribution is -2.35. The van der Waals surface area contributed by atoms with Crippen molar-refractivity contribution in [3.63, 3.8) is 0 Å². The van der Waals surface area contributed by atoms with Crippen molar-refractivity contribution in [1.82, 2.24) is 5.32 Å². The summed E-state index contributed by atoms with van der Waals surface area (Å²) >= 11 is 1.26. The van der Waals surface area contributed by atoms with Crippen LogP contribution in [-0.2, 0) is 9.59 Å². The molecule has 0 saturated carbocycles. The number of fused-ring (bicyclic) bond motifs is 1. The Kier molecular flexibility index (Phi) is 7.03. The number of aryl methyl sites for hydroxylation is 1. The number of nitrogens with zero attached hydrogens (tertiary/aromatic N) is 2. The fraction of sp³-hybridized carbons (Fsp3) is 0.320. The Labute approximate surface area is 197 Å². The number of carbonyl (C=O) groups excluding carboxylic acids is 2. The number of thioether (sulfide) groups is 1. The van der Waals surface area contributed by atoms with Gasteiger partial charge in [-0.1, -0.05) is 48.9 Å². The number of anilines is 1. The molecule has 1 N–H and O–H groups in total. The van der Waals surface area contributed by atoms with Gasteiger partial charge in [0.05, 0.1) is 11.4 Å². The second-order valence-electron chi connectivity index (χ2n) is 8.06. The van der Waals surface area contributed by atoms with Crippen LogP contribution in [0, 0.1) is 6.92 Å². The highest BCUT2D eigenvalue weighted by molar-refractivity contribution is 8.14. The van der Waals surface area contributed by atoms with Crippen molar-refractivity contribution in [2.24, 2.45) is 4.99 Å². The summed E-state index contributed by atoms with van der Waals surface area (Å²) in [6.07, 6.45) is 3.65. The standard InChI is InChI=1S/C25H27N3O4S/c1-4-5-17(3)26-23(29)14-33-25-27-20(12-18-8-11-21-22(13-18)32-15-31-21)24(30)28(25)19-9-6-16(2)7-10-19/h6-13,17H,4-5,14-15H2,1-3H3,(H,26,29)/b20-12-/t17-/m1/s1. The molecule has 2 heterocycles. The van der Waals surface area contributed by atoms with E-state index >= 15 is 0 Å². The van der Waals surface area contributed by atoms with E-state index in [2.05, 4.69) is 17.2 Å². The molecule has 0 radical (unpaired) electrons. The Morgan fingerprint density at radius 1 is 1.21 bits per heavy atom. The van der Waals surface area contributed by atoms with Gasteiger partial charge in [-0.3, -0.25) is 14.5 Å². The van der Waals surface area contributed by atoms with E-state index in [1.165, 1.54) is 11.8 Å². The molecule has 0 fully saturated rings. The minimum atomic E-state index is -0.237. The minimum Gasteiger partial charge on any atom is -0.454 e. The molecule has 2 aliphatic heterocycles. The van der Waals surface area contributed by atoms with Crippen molar-refractivity contribution in [1.29, 1.82) is 0 Å². The van der Waals surface area contributed by atoms with E-state index in [0.717, 1.165) is 24.0 Å². The summed E-state index contributed by atoms with van der Waals surface area (Å²) in [5.41, 5.74) is 2.90. The quantitative estimate of drug-likeness (QED) is 0.609. The minimum absolute atomic E-state index is 0.0758. The fourth-order valence-corrected chi connectivity index (χ4v) is 4.45. The molecule has 1 atom stereocenters. The summed E-state index contributed by atoms with van der Waals surface area (Å²) in [5.74, 6) is 1.19. The Hall–Kier alpha value is -3.26. The highest BCUT2D eigenvalue weighted by atomic mass is 32.2. The molecule has 2 aromatic rings. The number of amides is 2. The maximum absolute atomic E-state index is 13.3. The average Bonchev–Trinajstić information content (AvgIpc) is 3.37. The number of benzene rings is 2. The molecule has 2 aliphatic rings. The third-order valence-electron chi connectivity index (χ3n) is 5.28. The van der Waals surface area contributed by atoms with Crippen LogP contribution in [0.15, 0.2) is 53.2 Å².